The molecule has 3 rings (SSSR count). The Morgan fingerprint density at radius 1 is 1.46 bits per heavy atom. The molecular formula is C18H24ClNO4. The van der Waals surface area contributed by atoms with Crippen LogP contribution >= 0.6 is 11.6 Å². The number of carbonyl (C=O) groups is 1. The van der Waals surface area contributed by atoms with E-state index < -0.39 is 0 Å². The van der Waals surface area contributed by atoms with Crippen LogP contribution in [0.25, 0.3) is 0 Å². The molecule has 0 bridgehead atoms. The molecule has 1 aliphatic carbocycles. The Kier molecular flexibility index (Phi) is 5.33. The summed E-state index contributed by atoms with van der Waals surface area (Å²) in [6.45, 7) is 3.67. The lowest BCUT2D eigenvalue weighted by Crippen LogP contribution is -2.65. The summed E-state index contributed by atoms with van der Waals surface area (Å²) in [5, 5.41) is 13.8. The Balaban J connectivity index is 1.65. The molecule has 0 unspecified atom stereocenters. The Hall–Kier alpha value is -1.30. The van der Waals surface area contributed by atoms with Gasteiger partial charge >= 0.3 is 0 Å². The third kappa shape index (κ3) is 3.25. The van der Waals surface area contributed by atoms with Crippen LogP contribution in [0.5, 0.6) is 5.75 Å². The van der Waals surface area contributed by atoms with Gasteiger partial charge in [-0.2, -0.15) is 0 Å². The minimum atomic E-state index is -0.350. The SMILES string of the molecule is CCOc1c(Cl)cccc1CC(=O)N[C@@H]1C[C@@H](O)C12CCOCC2. The van der Waals surface area contributed by atoms with E-state index in [0.29, 0.717) is 37.0 Å². The molecule has 0 radical (unpaired) electrons. The highest BCUT2D eigenvalue weighted by Crippen LogP contribution is 2.49. The summed E-state index contributed by atoms with van der Waals surface area (Å²) in [7, 11) is 0. The van der Waals surface area contributed by atoms with E-state index in [1.165, 1.54) is 0 Å². The van der Waals surface area contributed by atoms with Crippen LogP contribution in [0, 0.1) is 5.41 Å². The van der Waals surface area contributed by atoms with Crippen molar-refractivity contribution in [3.05, 3.63) is 28.8 Å². The third-order valence-corrected chi connectivity index (χ3v) is 5.56. The predicted molar refractivity (Wildman–Crippen MR) is 91.4 cm³/mol. The number of aliphatic hydroxyl groups is 1. The predicted octanol–water partition coefficient (Wildman–Crippen LogP) is 2.33. The summed E-state index contributed by atoms with van der Waals surface area (Å²) in [6, 6.07) is 5.45. The van der Waals surface area contributed by atoms with Gasteiger partial charge in [-0.05, 0) is 32.3 Å². The second-order valence-corrected chi connectivity index (χ2v) is 6.96. The maximum absolute atomic E-state index is 12.5. The normalized spacial score (nSPS) is 25.1. The average Bonchev–Trinajstić information content (AvgIpc) is 2.58. The molecule has 1 saturated heterocycles. The van der Waals surface area contributed by atoms with Crippen molar-refractivity contribution in [1.82, 2.24) is 5.32 Å². The van der Waals surface area contributed by atoms with Gasteiger partial charge in [0.15, 0.2) is 0 Å². The van der Waals surface area contributed by atoms with E-state index in [4.69, 9.17) is 21.1 Å². The van der Waals surface area contributed by atoms with Crippen LogP contribution in [-0.2, 0) is 16.0 Å². The molecule has 1 saturated carbocycles. The summed E-state index contributed by atoms with van der Waals surface area (Å²) in [6.07, 6.45) is 2.06. The summed E-state index contributed by atoms with van der Waals surface area (Å²) in [5.74, 6) is 0.507. The van der Waals surface area contributed by atoms with Gasteiger partial charge in [0.25, 0.3) is 0 Å². The number of amides is 1. The van der Waals surface area contributed by atoms with Crippen molar-refractivity contribution in [1.29, 1.82) is 0 Å². The summed E-state index contributed by atoms with van der Waals surface area (Å²) >= 11 is 6.17. The molecule has 6 heteroatoms. The van der Waals surface area contributed by atoms with E-state index in [2.05, 4.69) is 5.32 Å². The number of benzene rings is 1. The largest absolute Gasteiger partial charge is 0.492 e. The van der Waals surface area contributed by atoms with Crippen molar-refractivity contribution in [2.75, 3.05) is 19.8 Å². The van der Waals surface area contributed by atoms with Gasteiger partial charge in [-0.1, -0.05) is 23.7 Å². The fourth-order valence-electron chi connectivity index (χ4n) is 3.82. The molecule has 1 aliphatic heterocycles. The van der Waals surface area contributed by atoms with Crippen LogP contribution in [0.3, 0.4) is 0 Å². The molecule has 5 nitrogen and oxygen atoms in total. The van der Waals surface area contributed by atoms with Crippen LogP contribution in [0.2, 0.25) is 5.02 Å². The average molecular weight is 354 g/mol. The first kappa shape index (κ1) is 17.5. The second-order valence-electron chi connectivity index (χ2n) is 6.56. The molecule has 2 atom stereocenters. The zero-order chi connectivity index (χ0) is 17.2. The quantitative estimate of drug-likeness (QED) is 0.852. The van der Waals surface area contributed by atoms with E-state index >= 15 is 0 Å². The molecule has 1 aromatic rings. The number of ether oxygens (including phenoxy) is 2. The molecule has 1 heterocycles. The Labute approximate surface area is 147 Å². The van der Waals surface area contributed by atoms with Crippen molar-refractivity contribution < 1.29 is 19.4 Å². The van der Waals surface area contributed by atoms with Crippen LogP contribution in [0.15, 0.2) is 18.2 Å². The Morgan fingerprint density at radius 3 is 2.88 bits per heavy atom. The monoisotopic (exact) mass is 353 g/mol. The van der Waals surface area contributed by atoms with Gasteiger partial charge in [-0.15, -0.1) is 0 Å². The molecule has 132 valence electrons. The number of carbonyl (C=O) groups excluding carboxylic acids is 1. The van der Waals surface area contributed by atoms with E-state index in [1.807, 2.05) is 19.1 Å². The topological polar surface area (TPSA) is 67.8 Å². The number of rotatable bonds is 5. The summed E-state index contributed by atoms with van der Waals surface area (Å²) in [5.41, 5.74) is 0.563. The van der Waals surface area contributed by atoms with Crippen molar-refractivity contribution in [2.45, 2.75) is 44.8 Å². The minimum Gasteiger partial charge on any atom is -0.492 e. The highest BCUT2D eigenvalue weighted by atomic mass is 35.5. The number of hydrogen-bond donors (Lipinski definition) is 2. The maximum atomic E-state index is 12.5. The number of nitrogens with one attached hydrogen (secondary N) is 1. The van der Waals surface area contributed by atoms with Crippen molar-refractivity contribution in [3.63, 3.8) is 0 Å². The van der Waals surface area contributed by atoms with E-state index in [1.54, 1.807) is 6.07 Å². The molecular weight excluding hydrogens is 330 g/mol. The van der Waals surface area contributed by atoms with Crippen LogP contribution in [0.4, 0.5) is 0 Å². The van der Waals surface area contributed by atoms with E-state index in [0.717, 1.165) is 18.4 Å². The minimum absolute atomic E-state index is 0.0126. The fourth-order valence-corrected chi connectivity index (χ4v) is 4.07. The van der Waals surface area contributed by atoms with Gasteiger partial charge in [0.2, 0.25) is 5.91 Å². The highest BCUT2D eigenvalue weighted by molar-refractivity contribution is 6.32. The summed E-state index contributed by atoms with van der Waals surface area (Å²) < 4.78 is 11.0. The first-order valence-corrected chi connectivity index (χ1v) is 8.90. The molecule has 1 spiro atoms. The molecule has 1 aromatic carbocycles. The fraction of sp³-hybridized carbons (Fsp3) is 0.611. The molecule has 1 amide bonds. The highest BCUT2D eigenvalue weighted by Gasteiger charge is 2.55. The first-order chi connectivity index (χ1) is 11.6. The van der Waals surface area contributed by atoms with Gasteiger partial charge in [-0.25, -0.2) is 0 Å². The van der Waals surface area contributed by atoms with Crippen molar-refractivity contribution in [3.8, 4) is 5.75 Å². The number of hydrogen-bond acceptors (Lipinski definition) is 4. The zero-order valence-electron chi connectivity index (χ0n) is 13.9. The summed E-state index contributed by atoms with van der Waals surface area (Å²) in [4.78, 5) is 12.5. The smallest absolute Gasteiger partial charge is 0.224 e. The zero-order valence-corrected chi connectivity index (χ0v) is 14.6. The molecule has 2 fully saturated rings. The van der Waals surface area contributed by atoms with Gasteiger partial charge in [0.05, 0.1) is 24.2 Å². The van der Waals surface area contributed by atoms with E-state index in [-0.39, 0.29) is 29.9 Å². The van der Waals surface area contributed by atoms with Gasteiger partial charge in [0.1, 0.15) is 5.75 Å². The number of halogens is 1. The van der Waals surface area contributed by atoms with Gasteiger partial charge < -0.3 is 19.9 Å². The third-order valence-electron chi connectivity index (χ3n) is 5.26. The Bertz CT molecular complexity index is 601. The molecule has 24 heavy (non-hydrogen) atoms. The van der Waals surface area contributed by atoms with Crippen LogP contribution < -0.4 is 10.1 Å². The molecule has 2 aliphatic rings. The van der Waals surface area contributed by atoms with Gasteiger partial charge in [-0.3, -0.25) is 4.79 Å². The number of aliphatic hydroxyl groups excluding tert-OH is 1. The molecule has 2 N–H and O–H groups in total. The van der Waals surface area contributed by atoms with Crippen LogP contribution in [-0.4, -0.2) is 43.0 Å². The Morgan fingerprint density at radius 2 is 2.21 bits per heavy atom. The van der Waals surface area contributed by atoms with Crippen molar-refractivity contribution >= 4 is 17.5 Å². The van der Waals surface area contributed by atoms with Gasteiger partial charge in [0, 0.05) is 30.2 Å². The standard InChI is InChI=1S/C18H24ClNO4/c1-2-24-17-12(4-3-5-13(17)19)10-16(22)20-14-11-15(21)18(14)6-8-23-9-7-18/h3-5,14-15,21H,2,6-11H2,1H3,(H,20,22)/t14-,15-/m1/s1. The second kappa shape index (κ2) is 7.30. The van der Waals surface area contributed by atoms with E-state index in [9.17, 15) is 9.90 Å². The lowest BCUT2D eigenvalue weighted by molar-refractivity contribution is -0.155. The number of para-hydroxylation sites is 1. The lowest BCUT2D eigenvalue weighted by Gasteiger charge is -2.55. The molecule has 0 aromatic heterocycles. The first-order valence-electron chi connectivity index (χ1n) is 8.52. The van der Waals surface area contributed by atoms with Crippen LogP contribution in [0.1, 0.15) is 31.7 Å². The van der Waals surface area contributed by atoms with Crippen molar-refractivity contribution in [2.24, 2.45) is 5.41 Å². The maximum Gasteiger partial charge on any atom is 0.224 e. The lowest BCUT2D eigenvalue weighted by atomic mass is 9.58.